The molecular formula is C16H22N2O. The molecule has 0 aromatic heterocycles. The van der Waals surface area contributed by atoms with Crippen LogP contribution in [0, 0.1) is 18.8 Å². The van der Waals surface area contributed by atoms with Crippen LogP contribution in [0.15, 0.2) is 18.2 Å². The summed E-state index contributed by atoms with van der Waals surface area (Å²) in [6.45, 7) is 5.12. The number of unbranched alkanes of at least 4 members (excludes halogenated alkanes) is 2. The van der Waals surface area contributed by atoms with Gasteiger partial charge in [-0.25, -0.2) is 0 Å². The maximum Gasteiger partial charge on any atom is 0.252 e. The number of amides is 1. The third-order valence-corrected chi connectivity index (χ3v) is 2.81. The number of hydrogen-bond donors (Lipinski definition) is 2. The molecule has 0 bridgehead atoms. The number of nitrogens with one attached hydrogen (secondary N) is 1. The second kappa shape index (κ2) is 8.34. The molecule has 1 amide bonds. The van der Waals surface area contributed by atoms with Crippen molar-refractivity contribution < 1.29 is 4.79 Å². The number of benzene rings is 1. The van der Waals surface area contributed by atoms with Gasteiger partial charge in [-0.1, -0.05) is 43.2 Å². The minimum absolute atomic E-state index is 0.0545. The summed E-state index contributed by atoms with van der Waals surface area (Å²) in [6, 6.07) is 5.70. The van der Waals surface area contributed by atoms with E-state index in [4.69, 9.17) is 5.73 Å². The van der Waals surface area contributed by atoms with Gasteiger partial charge in [0.15, 0.2) is 0 Å². The van der Waals surface area contributed by atoms with Gasteiger partial charge in [0.25, 0.3) is 5.91 Å². The first-order chi connectivity index (χ1) is 9.19. The van der Waals surface area contributed by atoms with Crippen LogP contribution in [-0.4, -0.2) is 19.0 Å². The van der Waals surface area contributed by atoms with Crippen molar-refractivity contribution in [1.82, 2.24) is 5.32 Å². The highest BCUT2D eigenvalue weighted by Crippen LogP contribution is 2.11. The van der Waals surface area contributed by atoms with Crippen LogP contribution in [-0.2, 0) is 0 Å². The van der Waals surface area contributed by atoms with Crippen molar-refractivity contribution in [2.75, 3.05) is 13.1 Å². The summed E-state index contributed by atoms with van der Waals surface area (Å²) < 4.78 is 0. The number of hydrogen-bond acceptors (Lipinski definition) is 2. The largest absolute Gasteiger partial charge is 0.352 e. The average Bonchev–Trinajstić information content (AvgIpc) is 2.42. The number of nitrogens with two attached hydrogens (primary N) is 1. The van der Waals surface area contributed by atoms with Gasteiger partial charge in [-0.3, -0.25) is 4.79 Å². The predicted octanol–water partition coefficient (Wildman–Crippen LogP) is 2.23. The topological polar surface area (TPSA) is 55.1 Å². The SMILES string of the molecule is CCCCCNC(=O)c1cc(C)ccc1C#CCN. The Labute approximate surface area is 115 Å². The van der Waals surface area contributed by atoms with Gasteiger partial charge >= 0.3 is 0 Å². The summed E-state index contributed by atoms with van der Waals surface area (Å²) in [6.07, 6.45) is 3.29. The van der Waals surface area contributed by atoms with Crippen LogP contribution in [0.1, 0.15) is 47.7 Å². The van der Waals surface area contributed by atoms with Gasteiger partial charge in [0.05, 0.1) is 12.1 Å². The maximum absolute atomic E-state index is 12.1. The second-order valence-corrected chi connectivity index (χ2v) is 4.52. The molecule has 0 saturated heterocycles. The van der Waals surface area contributed by atoms with E-state index in [0.29, 0.717) is 18.7 Å². The summed E-state index contributed by atoms with van der Waals surface area (Å²) >= 11 is 0. The van der Waals surface area contributed by atoms with Crippen molar-refractivity contribution in [3.63, 3.8) is 0 Å². The lowest BCUT2D eigenvalue weighted by Crippen LogP contribution is -2.25. The molecule has 1 aromatic carbocycles. The van der Waals surface area contributed by atoms with Crippen LogP contribution in [0.2, 0.25) is 0 Å². The molecule has 0 saturated carbocycles. The molecule has 0 heterocycles. The standard InChI is InChI=1S/C16H22N2O/c1-3-4-5-11-18-16(19)15-12-13(2)8-9-14(15)7-6-10-17/h8-9,12H,3-5,10-11,17H2,1-2H3,(H,18,19). The van der Waals surface area contributed by atoms with Gasteiger partial charge in [0.2, 0.25) is 0 Å². The van der Waals surface area contributed by atoms with E-state index in [-0.39, 0.29) is 5.91 Å². The van der Waals surface area contributed by atoms with Crippen LogP contribution in [0.25, 0.3) is 0 Å². The van der Waals surface area contributed by atoms with E-state index >= 15 is 0 Å². The zero-order valence-electron chi connectivity index (χ0n) is 11.8. The van der Waals surface area contributed by atoms with Gasteiger partial charge in [0.1, 0.15) is 0 Å². The molecule has 0 unspecified atom stereocenters. The number of aryl methyl sites for hydroxylation is 1. The molecule has 0 spiro atoms. The molecule has 3 N–H and O–H groups in total. The first kappa shape index (κ1) is 15.3. The van der Waals surface area contributed by atoms with E-state index in [0.717, 1.165) is 30.4 Å². The fourth-order valence-corrected chi connectivity index (χ4v) is 1.77. The Morgan fingerprint density at radius 2 is 2.16 bits per heavy atom. The predicted molar refractivity (Wildman–Crippen MR) is 79.0 cm³/mol. The van der Waals surface area contributed by atoms with E-state index in [1.54, 1.807) is 0 Å². The van der Waals surface area contributed by atoms with Gasteiger partial charge in [-0.05, 0) is 25.5 Å². The Morgan fingerprint density at radius 3 is 2.84 bits per heavy atom. The van der Waals surface area contributed by atoms with Gasteiger partial charge < -0.3 is 11.1 Å². The van der Waals surface area contributed by atoms with Crippen molar-refractivity contribution in [3.8, 4) is 11.8 Å². The van der Waals surface area contributed by atoms with Crippen LogP contribution < -0.4 is 11.1 Å². The molecule has 0 aliphatic carbocycles. The molecule has 3 heteroatoms. The summed E-state index contributed by atoms with van der Waals surface area (Å²) in [5.41, 5.74) is 7.80. The molecule has 1 rings (SSSR count). The normalized spacial score (nSPS) is 9.63. The number of rotatable bonds is 5. The van der Waals surface area contributed by atoms with Crippen molar-refractivity contribution >= 4 is 5.91 Å². The monoisotopic (exact) mass is 258 g/mol. The smallest absolute Gasteiger partial charge is 0.252 e. The summed E-state index contributed by atoms with van der Waals surface area (Å²) in [5, 5.41) is 2.94. The van der Waals surface area contributed by atoms with Crippen LogP contribution >= 0.6 is 0 Å². The van der Waals surface area contributed by atoms with E-state index < -0.39 is 0 Å². The van der Waals surface area contributed by atoms with E-state index in [9.17, 15) is 4.79 Å². The van der Waals surface area contributed by atoms with Gasteiger partial charge in [-0.15, -0.1) is 0 Å². The Bertz CT molecular complexity index is 483. The fourth-order valence-electron chi connectivity index (χ4n) is 1.77. The zero-order chi connectivity index (χ0) is 14.1. The fraction of sp³-hybridized carbons (Fsp3) is 0.438. The highest BCUT2D eigenvalue weighted by Gasteiger charge is 2.09. The van der Waals surface area contributed by atoms with Gasteiger partial charge in [0, 0.05) is 12.1 Å². The average molecular weight is 258 g/mol. The van der Waals surface area contributed by atoms with Crippen LogP contribution in [0.4, 0.5) is 0 Å². The van der Waals surface area contributed by atoms with Gasteiger partial charge in [-0.2, -0.15) is 0 Å². The number of carbonyl (C=O) groups excluding carboxylic acids is 1. The Kier molecular flexibility index (Phi) is 6.70. The summed E-state index contributed by atoms with van der Waals surface area (Å²) in [7, 11) is 0. The second-order valence-electron chi connectivity index (χ2n) is 4.52. The van der Waals surface area contributed by atoms with Crippen LogP contribution in [0.5, 0.6) is 0 Å². The molecule has 102 valence electrons. The number of carbonyl (C=O) groups is 1. The lowest BCUT2D eigenvalue weighted by molar-refractivity contribution is 0.0952. The minimum atomic E-state index is -0.0545. The summed E-state index contributed by atoms with van der Waals surface area (Å²) in [4.78, 5) is 12.1. The molecule has 19 heavy (non-hydrogen) atoms. The van der Waals surface area contributed by atoms with Crippen molar-refractivity contribution in [2.45, 2.75) is 33.1 Å². The lowest BCUT2D eigenvalue weighted by atomic mass is 10.0. The van der Waals surface area contributed by atoms with E-state index in [1.165, 1.54) is 0 Å². The quantitative estimate of drug-likeness (QED) is 0.628. The van der Waals surface area contributed by atoms with E-state index in [1.807, 2.05) is 25.1 Å². The summed E-state index contributed by atoms with van der Waals surface area (Å²) in [5.74, 6) is 5.69. The lowest BCUT2D eigenvalue weighted by Gasteiger charge is -2.07. The van der Waals surface area contributed by atoms with Crippen LogP contribution in [0.3, 0.4) is 0 Å². The van der Waals surface area contributed by atoms with Crippen molar-refractivity contribution in [2.24, 2.45) is 5.73 Å². The highest BCUT2D eigenvalue weighted by atomic mass is 16.1. The first-order valence-electron chi connectivity index (χ1n) is 6.76. The third kappa shape index (κ3) is 5.15. The Balaban J connectivity index is 2.79. The molecule has 0 radical (unpaired) electrons. The Hall–Kier alpha value is -1.79. The maximum atomic E-state index is 12.1. The highest BCUT2D eigenvalue weighted by molar-refractivity contribution is 5.96. The van der Waals surface area contributed by atoms with Crippen molar-refractivity contribution in [1.29, 1.82) is 0 Å². The minimum Gasteiger partial charge on any atom is -0.352 e. The Morgan fingerprint density at radius 1 is 1.37 bits per heavy atom. The molecule has 0 aliphatic rings. The zero-order valence-corrected chi connectivity index (χ0v) is 11.8. The van der Waals surface area contributed by atoms with Crippen molar-refractivity contribution in [3.05, 3.63) is 34.9 Å². The molecule has 3 nitrogen and oxygen atoms in total. The molecular weight excluding hydrogens is 236 g/mol. The molecule has 1 aromatic rings. The molecule has 0 fully saturated rings. The third-order valence-electron chi connectivity index (χ3n) is 2.81. The van der Waals surface area contributed by atoms with E-state index in [2.05, 4.69) is 24.1 Å². The molecule has 0 aliphatic heterocycles. The molecule has 0 atom stereocenters. The first-order valence-corrected chi connectivity index (χ1v) is 6.76.